The first-order valence-corrected chi connectivity index (χ1v) is 9.17. The average molecular weight is 370 g/mol. The Hall–Kier alpha value is -2.57. The lowest BCUT2D eigenvalue weighted by Crippen LogP contribution is -2.08. The Labute approximate surface area is 157 Å². The van der Waals surface area contributed by atoms with E-state index in [-0.39, 0.29) is 6.10 Å². The molecule has 0 aliphatic carbocycles. The number of rotatable bonds is 10. The predicted molar refractivity (Wildman–Crippen MR) is 97.5 cm³/mol. The Morgan fingerprint density at radius 1 is 0.852 bits per heavy atom. The van der Waals surface area contributed by atoms with Gasteiger partial charge in [0.1, 0.15) is 30.0 Å². The topological polar surface area (TPSA) is 69.8 Å². The van der Waals surface area contributed by atoms with Gasteiger partial charge in [-0.15, -0.1) is 0 Å². The molecular formula is C21H22O6. The van der Waals surface area contributed by atoms with Crippen LogP contribution in [0.4, 0.5) is 0 Å². The summed E-state index contributed by atoms with van der Waals surface area (Å²) in [5.41, 5.74) is 0.472. The van der Waals surface area contributed by atoms with Crippen molar-refractivity contribution >= 4 is 5.97 Å². The molecule has 2 heterocycles. The summed E-state index contributed by atoms with van der Waals surface area (Å²) in [6, 6.07) is 13.9. The second-order valence-electron chi connectivity index (χ2n) is 6.60. The zero-order valence-corrected chi connectivity index (χ0v) is 15.0. The third kappa shape index (κ3) is 5.70. The quantitative estimate of drug-likeness (QED) is 0.277. The molecule has 4 rings (SSSR count). The summed E-state index contributed by atoms with van der Waals surface area (Å²) in [4.78, 5) is 12.3. The van der Waals surface area contributed by atoms with Crippen molar-refractivity contribution in [3.8, 4) is 17.2 Å². The fraction of sp³-hybridized carbons (Fsp3) is 0.381. The van der Waals surface area contributed by atoms with Gasteiger partial charge >= 0.3 is 5.97 Å². The summed E-state index contributed by atoms with van der Waals surface area (Å²) in [6.07, 6.45) is 2.63. The van der Waals surface area contributed by atoms with E-state index in [9.17, 15) is 4.79 Å². The normalized spacial score (nSPS) is 20.0. The smallest absolute Gasteiger partial charge is 0.343 e. The molecule has 2 saturated heterocycles. The van der Waals surface area contributed by atoms with Crippen LogP contribution >= 0.6 is 0 Å². The van der Waals surface area contributed by atoms with Crippen LogP contribution in [0, 0.1) is 0 Å². The monoisotopic (exact) mass is 370 g/mol. The van der Waals surface area contributed by atoms with E-state index in [2.05, 4.69) is 0 Å². The molecule has 2 aromatic rings. The Morgan fingerprint density at radius 3 is 2.11 bits per heavy atom. The van der Waals surface area contributed by atoms with Crippen molar-refractivity contribution in [2.45, 2.75) is 25.0 Å². The SMILES string of the molecule is O=C(Oc1ccc(OCC2CO2)cc1)c1ccc(OCCCC2CO2)cc1. The number of hydrogen-bond acceptors (Lipinski definition) is 6. The third-order valence-electron chi connectivity index (χ3n) is 4.30. The summed E-state index contributed by atoms with van der Waals surface area (Å²) >= 11 is 0. The minimum atomic E-state index is -0.410. The zero-order valence-electron chi connectivity index (χ0n) is 15.0. The van der Waals surface area contributed by atoms with Crippen LogP contribution in [-0.2, 0) is 9.47 Å². The molecule has 2 aliphatic heterocycles. The molecule has 0 spiro atoms. The van der Waals surface area contributed by atoms with Gasteiger partial charge in [-0.2, -0.15) is 0 Å². The fourth-order valence-electron chi connectivity index (χ4n) is 2.55. The second-order valence-corrected chi connectivity index (χ2v) is 6.60. The van der Waals surface area contributed by atoms with E-state index in [1.54, 1.807) is 48.5 Å². The first-order chi connectivity index (χ1) is 13.3. The number of benzene rings is 2. The van der Waals surface area contributed by atoms with Crippen molar-refractivity contribution in [1.82, 2.24) is 0 Å². The van der Waals surface area contributed by atoms with Crippen LogP contribution in [-0.4, -0.2) is 44.6 Å². The third-order valence-corrected chi connectivity index (χ3v) is 4.30. The molecule has 2 unspecified atom stereocenters. The van der Waals surface area contributed by atoms with Gasteiger partial charge in [-0.1, -0.05) is 0 Å². The highest BCUT2D eigenvalue weighted by molar-refractivity contribution is 5.91. The van der Waals surface area contributed by atoms with Crippen LogP contribution in [0.2, 0.25) is 0 Å². The van der Waals surface area contributed by atoms with Crippen molar-refractivity contribution in [3.05, 3.63) is 54.1 Å². The predicted octanol–water partition coefficient (Wildman–Crippen LogP) is 3.24. The van der Waals surface area contributed by atoms with E-state index < -0.39 is 5.97 Å². The molecular weight excluding hydrogens is 348 g/mol. The largest absolute Gasteiger partial charge is 0.494 e. The summed E-state index contributed by atoms with van der Waals surface area (Å²) in [7, 11) is 0. The summed E-state index contributed by atoms with van der Waals surface area (Å²) in [6.45, 7) is 2.82. The molecule has 0 N–H and O–H groups in total. The number of carbonyl (C=O) groups is 1. The van der Waals surface area contributed by atoms with Crippen LogP contribution in [0.1, 0.15) is 23.2 Å². The molecule has 0 radical (unpaired) electrons. The van der Waals surface area contributed by atoms with Crippen molar-refractivity contribution in [2.24, 2.45) is 0 Å². The molecule has 0 bridgehead atoms. The van der Waals surface area contributed by atoms with Gasteiger partial charge in [0.25, 0.3) is 0 Å². The van der Waals surface area contributed by atoms with Gasteiger partial charge in [0.2, 0.25) is 0 Å². The lowest BCUT2D eigenvalue weighted by molar-refractivity contribution is 0.0734. The lowest BCUT2D eigenvalue weighted by Gasteiger charge is -2.08. The molecule has 6 heteroatoms. The van der Waals surface area contributed by atoms with Crippen molar-refractivity contribution < 1.29 is 28.5 Å². The molecule has 2 fully saturated rings. The molecule has 0 aromatic heterocycles. The number of carbonyl (C=O) groups excluding carboxylic acids is 1. The van der Waals surface area contributed by atoms with Gasteiger partial charge in [0.05, 0.1) is 31.5 Å². The minimum absolute atomic E-state index is 0.210. The Morgan fingerprint density at radius 2 is 1.44 bits per heavy atom. The fourth-order valence-corrected chi connectivity index (χ4v) is 2.55. The van der Waals surface area contributed by atoms with Gasteiger partial charge < -0.3 is 23.7 Å². The van der Waals surface area contributed by atoms with Crippen LogP contribution in [0.15, 0.2) is 48.5 Å². The van der Waals surface area contributed by atoms with E-state index in [0.717, 1.165) is 37.6 Å². The number of hydrogen-bond donors (Lipinski definition) is 0. The Bertz CT molecular complexity index is 747. The first-order valence-electron chi connectivity index (χ1n) is 9.17. The molecule has 142 valence electrons. The summed E-state index contributed by atoms with van der Waals surface area (Å²) in [5, 5.41) is 0. The standard InChI is InChI=1S/C21H22O6/c22-21(27-18-9-7-17(8-10-18)24-13-20-14-26-20)15-3-5-16(6-4-15)23-11-1-2-19-12-25-19/h3-10,19-20H,1-2,11-14H2. The molecule has 0 saturated carbocycles. The number of epoxide rings is 2. The maximum atomic E-state index is 12.3. The van der Waals surface area contributed by atoms with Crippen LogP contribution in [0.3, 0.4) is 0 Å². The van der Waals surface area contributed by atoms with Gasteiger partial charge in [0.15, 0.2) is 0 Å². The van der Waals surface area contributed by atoms with Gasteiger partial charge in [-0.25, -0.2) is 4.79 Å². The van der Waals surface area contributed by atoms with Crippen molar-refractivity contribution in [3.63, 3.8) is 0 Å². The molecule has 6 nitrogen and oxygen atoms in total. The maximum absolute atomic E-state index is 12.3. The van der Waals surface area contributed by atoms with Gasteiger partial charge in [-0.3, -0.25) is 0 Å². The van der Waals surface area contributed by atoms with E-state index in [1.807, 2.05) is 0 Å². The highest BCUT2D eigenvalue weighted by atomic mass is 16.6. The van der Waals surface area contributed by atoms with E-state index in [1.165, 1.54) is 0 Å². The number of ether oxygens (including phenoxy) is 5. The maximum Gasteiger partial charge on any atom is 0.343 e. The Balaban J connectivity index is 1.23. The summed E-state index contributed by atoms with van der Waals surface area (Å²) < 4.78 is 26.9. The van der Waals surface area contributed by atoms with Crippen LogP contribution in [0.5, 0.6) is 17.2 Å². The van der Waals surface area contributed by atoms with Crippen LogP contribution < -0.4 is 14.2 Å². The van der Waals surface area contributed by atoms with E-state index in [4.69, 9.17) is 23.7 Å². The van der Waals surface area contributed by atoms with E-state index in [0.29, 0.717) is 30.6 Å². The molecule has 2 aromatic carbocycles. The van der Waals surface area contributed by atoms with Crippen molar-refractivity contribution in [2.75, 3.05) is 26.4 Å². The number of esters is 1. The molecule has 27 heavy (non-hydrogen) atoms. The van der Waals surface area contributed by atoms with E-state index >= 15 is 0 Å². The summed E-state index contributed by atoms with van der Waals surface area (Å²) in [5.74, 6) is 1.52. The lowest BCUT2D eigenvalue weighted by atomic mass is 10.2. The Kier molecular flexibility index (Phi) is 5.55. The zero-order chi connectivity index (χ0) is 18.5. The van der Waals surface area contributed by atoms with Crippen LogP contribution in [0.25, 0.3) is 0 Å². The average Bonchev–Trinajstić information content (AvgIpc) is 3.60. The molecule has 0 amide bonds. The minimum Gasteiger partial charge on any atom is -0.494 e. The molecule has 2 aliphatic rings. The first kappa shape index (κ1) is 17.8. The highest BCUT2D eigenvalue weighted by Gasteiger charge is 2.23. The second kappa shape index (κ2) is 8.41. The van der Waals surface area contributed by atoms with Crippen molar-refractivity contribution in [1.29, 1.82) is 0 Å². The molecule has 2 atom stereocenters. The van der Waals surface area contributed by atoms with Gasteiger partial charge in [-0.05, 0) is 61.4 Å². The van der Waals surface area contributed by atoms with Gasteiger partial charge in [0, 0.05) is 0 Å². The highest BCUT2D eigenvalue weighted by Crippen LogP contribution is 2.21.